The van der Waals surface area contributed by atoms with E-state index >= 15 is 0 Å². The third-order valence-corrected chi connectivity index (χ3v) is 5.75. The predicted octanol–water partition coefficient (Wildman–Crippen LogP) is 0.161. The average Bonchev–Trinajstić information content (AvgIpc) is 2.98. The van der Waals surface area contributed by atoms with E-state index < -0.39 is 48.2 Å². The normalized spacial score (nSPS) is 27.1. The topological polar surface area (TPSA) is 140 Å². The van der Waals surface area contributed by atoms with Crippen molar-refractivity contribution in [2.45, 2.75) is 64.4 Å². The molecule has 1 aromatic rings. The van der Waals surface area contributed by atoms with Gasteiger partial charge in [0.25, 0.3) is 5.78 Å². The van der Waals surface area contributed by atoms with Crippen molar-refractivity contribution >= 4 is 17.7 Å². The summed E-state index contributed by atoms with van der Waals surface area (Å²) in [5, 5.41) is 29.1. The molecule has 9 heteroatoms. The minimum atomic E-state index is -1.66. The van der Waals surface area contributed by atoms with E-state index in [-0.39, 0.29) is 12.2 Å². The summed E-state index contributed by atoms with van der Waals surface area (Å²) < 4.78 is 16.0. The van der Waals surface area contributed by atoms with Crippen LogP contribution < -0.4 is 4.74 Å². The Bertz CT molecular complexity index is 891. The van der Waals surface area contributed by atoms with E-state index in [0.29, 0.717) is 28.9 Å². The number of phenolic OH excluding ortho intramolecular Hbond substituents is 1. The number of Topliss-reactive ketones (excluding diaryl/α,β-unsaturated/α-hetero) is 1. The van der Waals surface area contributed by atoms with Crippen LogP contribution in [-0.4, -0.2) is 63.6 Å². The lowest BCUT2D eigenvalue weighted by molar-refractivity contribution is -0.176. The van der Waals surface area contributed by atoms with E-state index in [9.17, 15) is 24.6 Å². The maximum absolute atomic E-state index is 12.9. The summed E-state index contributed by atoms with van der Waals surface area (Å²) in [5.74, 6) is -2.58. The summed E-state index contributed by atoms with van der Waals surface area (Å²) in [5.41, 5.74) is 1.34. The van der Waals surface area contributed by atoms with Crippen molar-refractivity contribution in [3.8, 4) is 11.5 Å². The molecule has 1 fully saturated rings. The largest absolute Gasteiger partial charge is 0.507 e. The summed E-state index contributed by atoms with van der Waals surface area (Å²) in [7, 11) is 0. The molecule has 0 saturated carbocycles. The lowest BCUT2D eigenvalue weighted by Crippen LogP contribution is -2.50. The molecule has 0 aromatic heterocycles. The molecular formula is C20H24O9. The van der Waals surface area contributed by atoms with Gasteiger partial charge in [-0.05, 0) is 50.8 Å². The Morgan fingerprint density at radius 1 is 1.24 bits per heavy atom. The molecule has 0 aliphatic carbocycles. The van der Waals surface area contributed by atoms with E-state index in [4.69, 9.17) is 19.3 Å². The van der Waals surface area contributed by atoms with Crippen molar-refractivity contribution in [3.63, 3.8) is 0 Å². The first-order chi connectivity index (χ1) is 13.5. The van der Waals surface area contributed by atoms with Crippen molar-refractivity contribution in [3.05, 3.63) is 22.3 Å². The van der Waals surface area contributed by atoms with E-state index in [0.717, 1.165) is 5.56 Å². The third-order valence-electron chi connectivity index (χ3n) is 5.75. The van der Waals surface area contributed by atoms with Gasteiger partial charge in [-0.3, -0.25) is 4.79 Å². The Morgan fingerprint density at radius 2 is 1.90 bits per heavy atom. The molecule has 0 spiro atoms. The highest BCUT2D eigenvalue weighted by Gasteiger charge is 2.52. The van der Waals surface area contributed by atoms with Crippen LogP contribution in [-0.2, 0) is 30.3 Å². The van der Waals surface area contributed by atoms with Gasteiger partial charge in [-0.15, -0.1) is 0 Å². The minimum absolute atomic E-state index is 0.184. The van der Waals surface area contributed by atoms with Gasteiger partial charge in [-0.25, -0.2) is 9.59 Å². The van der Waals surface area contributed by atoms with E-state index in [1.165, 1.54) is 6.92 Å². The van der Waals surface area contributed by atoms with Crippen LogP contribution in [0.3, 0.4) is 0 Å². The molecule has 2 aliphatic rings. The summed E-state index contributed by atoms with van der Waals surface area (Å²) in [6, 6.07) is 0. The van der Waals surface area contributed by atoms with Crippen LogP contribution in [0.1, 0.15) is 35.6 Å². The number of aliphatic hydroxyl groups is 2. The van der Waals surface area contributed by atoms with Crippen LogP contribution in [0.15, 0.2) is 0 Å². The first-order valence-corrected chi connectivity index (χ1v) is 9.27. The van der Waals surface area contributed by atoms with Gasteiger partial charge >= 0.3 is 11.9 Å². The van der Waals surface area contributed by atoms with Gasteiger partial charge in [-0.2, -0.15) is 0 Å². The lowest BCUT2D eigenvalue weighted by atomic mass is 9.87. The number of carbonyl (C=O) groups is 3. The fraction of sp³-hybridized carbons (Fsp3) is 0.550. The molecule has 158 valence electrons. The molecule has 0 bridgehead atoms. The van der Waals surface area contributed by atoms with E-state index in [1.807, 2.05) is 0 Å². The quantitative estimate of drug-likeness (QED) is 0.469. The minimum Gasteiger partial charge on any atom is -0.507 e. The standard InChI is InChI=1S/C20H24O9/c1-8-9(2)15-11(10(3)13(8)23)5-6-20(4,29-15)19(26)28-17-14(24)18(25)27-16(17)12(22)7-21/h12,16-17,21-23H,5-7H2,1-4H3/t12-,16+,17?,20?/m0/s1. The number of aromatic hydroxyl groups is 1. The van der Waals surface area contributed by atoms with Gasteiger partial charge in [0.05, 0.1) is 6.61 Å². The number of hydrogen-bond donors (Lipinski definition) is 3. The van der Waals surface area contributed by atoms with Crippen molar-refractivity contribution in [2.75, 3.05) is 6.61 Å². The van der Waals surface area contributed by atoms with Crippen molar-refractivity contribution in [2.24, 2.45) is 0 Å². The second-order valence-electron chi connectivity index (χ2n) is 7.67. The second-order valence-corrected chi connectivity index (χ2v) is 7.67. The average molecular weight is 408 g/mol. The maximum atomic E-state index is 12.9. The molecule has 2 aliphatic heterocycles. The lowest BCUT2D eigenvalue weighted by Gasteiger charge is -2.36. The Balaban J connectivity index is 1.87. The fourth-order valence-corrected chi connectivity index (χ4v) is 3.64. The number of rotatable bonds is 4. The Morgan fingerprint density at radius 3 is 2.52 bits per heavy atom. The number of fused-ring (bicyclic) bond motifs is 1. The molecule has 0 amide bonds. The Hall–Kier alpha value is -2.65. The number of benzene rings is 1. The third kappa shape index (κ3) is 3.34. The number of hydrogen-bond acceptors (Lipinski definition) is 9. The molecule has 29 heavy (non-hydrogen) atoms. The maximum Gasteiger partial charge on any atom is 0.379 e. The van der Waals surface area contributed by atoms with Crippen LogP contribution >= 0.6 is 0 Å². The monoisotopic (exact) mass is 408 g/mol. The van der Waals surface area contributed by atoms with Gasteiger partial charge in [0.2, 0.25) is 11.7 Å². The molecule has 3 N–H and O–H groups in total. The predicted molar refractivity (Wildman–Crippen MR) is 97.5 cm³/mol. The molecule has 9 nitrogen and oxygen atoms in total. The fourth-order valence-electron chi connectivity index (χ4n) is 3.64. The number of carbonyl (C=O) groups excluding carboxylic acids is 3. The van der Waals surface area contributed by atoms with Crippen LogP contribution in [0, 0.1) is 20.8 Å². The van der Waals surface area contributed by atoms with Gasteiger partial charge < -0.3 is 29.5 Å². The van der Waals surface area contributed by atoms with Gasteiger partial charge in [0.1, 0.15) is 17.6 Å². The SMILES string of the molecule is Cc1c(C)c2c(c(C)c1O)CCC(C)(C(=O)OC1C(=O)C(=O)O[C@@H]1[C@@H](O)CO)O2. The van der Waals surface area contributed by atoms with E-state index in [2.05, 4.69) is 0 Å². The van der Waals surface area contributed by atoms with Crippen LogP contribution in [0.2, 0.25) is 0 Å². The molecule has 3 rings (SSSR count). The summed E-state index contributed by atoms with van der Waals surface area (Å²) in [6.45, 7) is 6.01. The summed E-state index contributed by atoms with van der Waals surface area (Å²) in [6.07, 6.45) is -4.07. The highest BCUT2D eigenvalue weighted by atomic mass is 16.6. The second kappa shape index (κ2) is 7.31. The molecule has 1 aromatic carbocycles. The highest BCUT2D eigenvalue weighted by molar-refractivity contribution is 6.37. The summed E-state index contributed by atoms with van der Waals surface area (Å²) in [4.78, 5) is 36.5. The van der Waals surface area contributed by atoms with E-state index in [1.54, 1.807) is 20.8 Å². The number of ketones is 1. The number of phenols is 1. The van der Waals surface area contributed by atoms with Gasteiger partial charge in [-0.1, -0.05) is 0 Å². The van der Waals surface area contributed by atoms with Crippen LogP contribution in [0.5, 0.6) is 11.5 Å². The molecular weight excluding hydrogens is 384 g/mol. The van der Waals surface area contributed by atoms with Gasteiger partial charge in [0.15, 0.2) is 6.10 Å². The van der Waals surface area contributed by atoms with Crippen LogP contribution in [0.25, 0.3) is 0 Å². The zero-order chi connectivity index (χ0) is 21.7. The first kappa shape index (κ1) is 21.1. The van der Waals surface area contributed by atoms with Crippen molar-refractivity contribution < 1.29 is 43.9 Å². The van der Waals surface area contributed by atoms with Crippen molar-refractivity contribution in [1.82, 2.24) is 0 Å². The number of ether oxygens (including phenoxy) is 3. The molecule has 2 unspecified atom stereocenters. The van der Waals surface area contributed by atoms with Crippen LogP contribution in [0.4, 0.5) is 0 Å². The molecule has 1 saturated heterocycles. The van der Waals surface area contributed by atoms with Gasteiger partial charge in [0, 0.05) is 12.0 Å². The number of cyclic esters (lactones) is 1. The zero-order valence-electron chi connectivity index (χ0n) is 16.6. The number of esters is 2. The van der Waals surface area contributed by atoms with Crippen molar-refractivity contribution in [1.29, 1.82) is 0 Å². The summed E-state index contributed by atoms with van der Waals surface area (Å²) >= 11 is 0. The Kier molecular flexibility index (Phi) is 5.31. The first-order valence-electron chi connectivity index (χ1n) is 9.27. The Labute approximate surface area is 167 Å². The molecule has 2 heterocycles. The highest BCUT2D eigenvalue weighted by Crippen LogP contribution is 2.43. The zero-order valence-corrected chi connectivity index (χ0v) is 16.6. The molecule has 4 atom stereocenters. The molecule has 0 radical (unpaired) electrons. The number of aliphatic hydroxyl groups excluding tert-OH is 2. The smallest absolute Gasteiger partial charge is 0.379 e.